The minimum Gasteiger partial charge on any atom is -0.394 e. The lowest BCUT2D eigenvalue weighted by Gasteiger charge is -2.21. The molecule has 1 aliphatic rings. The lowest BCUT2D eigenvalue weighted by Crippen LogP contribution is -2.34. The quantitative estimate of drug-likeness (QED) is 0.286. The summed E-state index contributed by atoms with van der Waals surface area (Å²) in [6.07, 6.45) is -2.33. The number of aliphatic hydroxyl groups is 3. The number of nitrogens with two attached hydrogens (primary N) is 2. The number of hydrogen-bond acceptors (Lipinski definition) is 10. The van der Waals surface area contributed by atoms with Gasteiger partial charge in [-0.3, -0.25) is 9.59 Å². The van der Waals surface area contributed by atoms with Gasteiger partial charge in [0.25, 0.3) is 5.91 Å². The second-order valence-electron chi connectivity index (χ2n) is 5.67. The standard InChI is InChI=1S/C14H17N5O6S/c1-26-14-17-10(15)6-7(21)4(11(16)24)2-19(12(6)18-14)13-9(23)8(22)5(3-20)25-13/h2,5,8-9,13,20,22-23H,3H2,1H3,(H2,16,24)(H2,15,17,18). The molecule has 7 N–H and O–H groups in total. The van der Waals surface area contributed by atoms with E-state index in [9.17, 15) is 24.9 Å². The number of aliphatic hydroxyl groups excluding tert-OH is 3. The van der Waals surface area contributed by atoms with Crippen molar-refractivity contribution >= 4 is 34.5 Å². The average molecular weight is 383 g/mol. The van der Waals surface area contributed by atoms with Gasteiger partial charge in [0.05, 0.1) is 6.61 Å². The third-order valence-electron chi connectivity index (χ3n) is 4.12. The largest absolute Gasteiger partial charge is 0.394 e. The SMILES string of the molecule is CSc1nc(N)c2c(=O)c(C(N)=O)cn(C3OC(CO)C(O)C3O)c2n1. The number of amides is 1. The molecule has 0 bridgehead atoms. The van der Waals surface area contributed by atoms with Crippen molar-refractivity contribution in [1.82, 2.24) is 14.5 Å². The van der Waals surface area contributed by atoms with Crippen LogP contribution in [-0.4, -0.2) is 66.9 Å². The molecular formula is C14H17N5O6S. The van der Waals surface area contributed by atoms with Gasteiger partial charge >= 0.3 is 0 Å². The van der Waals surface area contributed by atoms with Crippen molar-refractivity contribution in [3.05, 3.63) is 22.0 Å². The van der Waals surface area contributed by atoms with E-state index in [1.165, 1.54) is 16.3 Å². The fraction of sp³-hybridized carbons (Fsp3) is 0.429. The van der Waals surface area contributed by atoms with E-state index in [2.05, 4.69) is 9.97 Å². The topological polar surface area (TPSA) is 187 Å². The molecule has 2 aromatic rings. The molecule has 1 aliphatic heterocycles. The van der Waals surface area contributed by atoms with Crippen LogP contribution >= 0.6 is 11.8 Å². The molecule has 0 spiro atoms. The van der Waals surface area contributed by atoms with E-state index >= 15 is 0 Å². The van der Waals surface area contributed by atoms with E-state index in [1.807, 2.05) is 0 Å². The van der Waals surface area contributed by atoms with Gasteiger partial charge in [0.15, 0.2) is 17.0 Å². The molecule has 3 rings (SSSR count). The fourth-order valence-corrected chi connectivity index (χ4v) is 3.18. The van der Waals surface area contributed by atoms with E-state index in [-0.39, 0.29) is 22.0 Å². The molecule has 3 heterocycles. The molecule has 4 atom stereocenters. The molecule has 12 heteroatoms. The molecule has 2 aromatic heterocycles. The number of carbonyl (C=O) groups is 1. The summed E-state index contributed by atoms with van der Waals surface area (Å²) in [5.74, 6) is -1.17. The predicted molar refractivity (Wildman–Crippen MR) is 91.5 cm³/mol. The highest BCUT2D eigenvalue weighted by atomic mass is 32.2. The van der Waals surface area contributed by atoms with Gasteiger partial charge in [-0.1, -0.05) is 11.8 Å². The van der Waals surface area contributed by atoms with Gasteiger partial charge in [-0.25, -0.2) is 9.97 Å². The van der Waals surface area contributed by atoms with Crippen molar-refractivity contribution in [2.24, 2.45) is 5.73 Å². The Balaban J connectivity index is 2.33. The van der Waals surface area contributed by atoms with Crippen LogP contribution in [0.1, 0.15) is 16.6 Å². The summed E-state index contributed by atoms with van der Waals surface area (Å²) in [7, 11) is 0. The average Bonchev–Trinajstić information content (AvgIpc) is 2.89. The Hall–Kier alpha value is -2.25. The highest BCUT2D eigenvalue weighted by molar-refractivity contribution is 7.98. The summed E-state index contributed by atoms with van der Waals surface area (Å²) in [5.41, 5.74) is 9.98. The van der Waals surface area contributed by atoms with Gasteiger partial charge in [-0.15, -0.1) is 0 Å². The third-order valence-corrected chi connectivity index (χ3v) is 4.67. The number of aromatic nitrogens is 3. The van der Waals surface area contributed by atoms with Crippen LogP contribution < -0.4 is 16.9 Å². The van der Waals surface area contributed by atoms with Crippen LogP contribution in [0.2, 0.25) is 0 Å². The number of thioether (sulfide) groups is 1. The van der Waals surface area contributed by atoms with Crippen LogP contribution in [-0.2, 0) is 4.74 Å². The van der Waals surface area contributed by atoms with Gasteiger partial charge in [0.2, 0.25) is 5.43 Å². The molecule has 140 valence electrons. The Kier molecular flexibility index (Phi) is 4.86. The zero-order chi connectivity index (χ0) is 19.2. The summed E-state index contributed by atoms with van der Waals surface area (Å²) in [6, 6.07) is 0. The summed E-state index contributed by atoms with van der Waals surface area (Å²) in [4.78, 5) is 32.4. The molecule has 0 radical (unpaired) electrons. The lowest BCUT2D eigenvalue weighted by molar-refractivity contribution is -0.0512. The molecule has 4 unspecified atom stereocenters. The number of primary amides is 1. The summed E-state index contributed by atoms with van der Waals surface area (Å²) >= 11 is 1.17. The molecule has 0 aliphatic carbocycles. The van der Waals surface area contributed by atoms with E-state index in [1.54, 1.807) is 6.26 Å². The van der Waals surface area contributed by atoms with Crippen LogP contribution in [0.5, 0.6) is 0 Å². The first-order valence-corrected chi connectivity index (χ1v) is 8.71. The summed E-state index contributed by atoms with van der Waals surface area (Å²) in [6.45, 7) is -0.539. The zero-order valence-electron chi connectivity index (χ0n) is 13.6. The number of carbonyl (C=O) groups excluding carboxylic acids is 1. The van der Waals surface area contributed by atoms with Gasteiger partial charge in [-0.2, -0.15) is 0 Å². The first-order valence-electron chi connectivity index (χ1n) is 7.48. The van der Waals surface area contributed by atoms with Crippen molar-refractivity contribution in [2.75, 3.05) is 18.6 Å². The van der Waals surface area contributed by atoms with E-state index in [0.29, 0.717) is 0 Å². The number of pyridine rings is 1. The number of hydrogen-bond donors (Lipinski definition) is 5. The normalized spacial score (nSPS) is 25.7. The van der Waals surface area contributed by atoms with Gasteiger partial charge in [-0.05, 0) is 6.26 Å². The number of nitrogens with zero attached hydrogens (tertiary/aromatic N) is 3. The maximum Gasteiger partial charge on any atom is 0.254 e. The van der Waals surface area contributed by atoms with Gasteiger partial charge < -0.3 is 36.1 Å². The number of anilines is 1. The van der Waals surface area contributed by atoms with Crippen LogP contribution in [0.25, 0.3) is 11.0 Å². The number of fused-ring (bicyclic) bond motifs is 1. The molecular weight excluding hydrogens is 366 g/mol. The Morgan fingerprint density at radius 2 is 2.08 bits per heavy atom. The van der Waals surface area contributed by atoms with Crippen molar-refractivity contribution < 1.29 is 24.9 Å². The summed E-state index contributed by atoms with van der Waals surface area (Å²) < 4.78 is 6.66. The first-order chi connectivity index (χ1) is 12.3. The highest BCUT2D eigenvalue weighted by Gasteiger charge is 2.44. The molecule has 1 amide bonds. The van der Waals surface area contributed by atoms with Crippen molar-refractivity contribution in [2.45, 2.75) is 29.7 Å². The third kappa shape index (κ3) is 2.81. The van der Waals surface area contributed by atoms with Crippen molar-refractivity contribution in [1.29, 1.82) is 0 Å². The molecule has 0 saturated carbocycles. The maximum atomic E-state index is 12.6. The van der Waals surface area contributed by atoms with Crippen LogP contribution in [0, 0.1) is 0 Å². The number of rotatable bonds is 4. The number of ether oxygens (including phenoxy) is 1. The predicted octanol–water partition coefficient (Wildman–Crippen LogP) is -2.19. The first kappa shape index (κ1) is 18.5. The van der Waals surface area contributed by atoms with Crippen LogP contribution in [0.15, 0.2) is 16.1 Å². The second-order valence-corrected chi connectivity index (χ2v) is 6.44. The molecule has 1 fully saturated rings. The van der Waals surface area contributed by atoms with E-state index in [0.717, 1.165) is 6.20 Å². The van der Waals surface area contributed by atoms with Gasteiger partial charge in [0.1, 0.15) is 35.1 Å². The smallest absolute Gasteiger partial charge is 0.254 e. The monoisotopic (exact) mass is 383 g/mol. The van der Waals surface area contributed by atoms with Crippen LogP contribution in [0.3, 0.4) is 0 Å². The Labute approximate surface area is 150 Å². The molecule has 1 saturated heterocycles. The fourth-order valence-electron chi connectivity index (χ4n) is 2.81. The zero-order valence-corrected chi connectivity index (χ0v) is 14.4. The van der Waals surface area contributed by atoms with Crippen molar-refractivity contribution in [3.63, 3.8) is 0 Å². The Morgan fingerprint density at radius 1 is 1.38 bits per heavy atom. The second kappa shape index (κ2) is 6.81. The maximum absolute atomic E-state index is 12.6. The minimum atomic E-state index is -1.45. The van der Waals surface area contributed by atoms with E-state index < -0.39 is 48.0 Å². The van der Waals surface area contributed by atoms with Crippen molar-refractivity contribution in [3.8, 4) is 0 Å². The summed E-state index contributed by atoms with van der Waals surface area (Å²) in [5, 5.41) is 29.6. The molecule has 11 nitrogen and oxygen atoms in total. The molecule has 26 heavy (non-hydrogen) atoms. The highest BCUT2D eigenvalue weighted by Crippen LogP contribution is 2.32. The number of nitrogen functional groups attached to an aromatic ring is 1. The Bertz CT molecular complexity index is 934. The Morgan fingerprint density at radius 3 is 2.62 bits per heavy atom. The molecule has 0 aromatic carbocycles. The van der Waals surface area contributed by atoms with Crippen LogP contribution in [0.4, 0.5) is 5.82 Å². The van der Waals surface area contributed by atoms with Gasteiger partial charge in [0, 0.05) is 6.20 Å². The van der Waals surface area contributed by atoms with E-state index in [4.69, 9.17) is 16.2 Å². The lowest BCUT2D eigenvalue weighted by atomic mass is 10.1. The minimum absolute atomic E-state index is 0.00619.